The maximum atomic E-state index is 12.5. The molecule has 3 rings (SSSR count). The maximum Gasteiger partial charge on any atom is 0.416 e. The van der Waals surface area contributed by atoms with Crippen LogP contribution in [0.2, 0.25) is 0 Å². The average Bonchev–Trinajstić information content (AvgIpc) is 2.79. The molecule has 0 fully saturated rings. The van der Waals surface area contributed by atoms with Gasteiger partial charge >= 0.3 is 12.1 Å². The first-order valence-electron chi connectivity index (χ1n) is 10.1. The highest BCUT2D eigenvalue weighted by molar-refractivity contribution is 6.00. The zero-order valence-corrected chi connectivity index (χ0v) is 18.0. The zero-order valence-electron chi connectivity index (χ0n) is 18.0. The lowest BCUT2D eigenvalue weighted by atomic mass is 10.0. The average molecular weight is 459 g/mol. The SMILES string of the molecule is C[C@@H]([NH2+][C@H](C)c1ccc(C(F)(F)F)cc1)c1ccccc1.O=C([O-])c1ccccc1C(=O)O. The molecule has 0 saturated carbocycles. The van der Waals surface area contributed by atoms with Gasteiger partial charge in [0.2, 0.25) is 0 Å². The van der Waals surface area contributed by atoms with Gasteiger partial charge in [0.1, 0.15) is 12.1 Å². The molecule has 0 amide bonds. The third kappa shape index (κ3) is 7.47. The van der Waals surface area contributed by atoms with Crippen LogP contribution in [0, 0.1) is 0 Å². The van der Waals surface area contributed by atoms with Crippen molar-refractivity contribution in [2.24, 2.45) is 0 Å². The minimum Gasteiger partial charge on any atom is -0.545 e. The normalized spacial score (nSPS) is 12.8. The highest BCUT2D eigenvalue weighted by Gasteiger charge is 2.30. The van der Waals surface area contributed by atoms with Gasteiger partial charge < -0.3 is 20.3 Å². The molecule has 0 aliphatic heterocycles. The van der Waals surface area contributed by atoms with Crippen molar-refractivity contribution in [2.75, 3.05) is 0 Å². The second-order valence-electron chi connectivity index (χ2n) is 7.44. The molecule has 0 heterocycles. The fraction of sp³-hybridized carbons (Fsp3) is 0.200. The van der Waals surface area contributed by atoms with Gasteiger partial charge in [-0.15, -0.1) is 0 Å². The third-order valence-electron chi connectivity index (χ3n) is 5.04. The van der Waals surface area contributed by atoms with E-state index >= 15 is 0 Å². The molecule has 2 atom stereocenters. The minimum atomic E-state index is -4.27. The molecule has 0 spiro atoms. The monoisotopic (exact) mass is 459 g/mol. The zero-order chi connectivity index (χ0) is 24.6. The maximum absolute atomic E-state index is 12.5. The number of benzene rings is 3. The van der Waals surface area contributed by atoms with Crippen molar-refractivity contribution in [1.82, 2.24) is 0 Å². The molecule has 0 bridgehead atoms. The molecule has 0 unspecified atom stereocenters. The number of nitrogens with two attached hydrogens (primary N) is 1. The van der Waals surface area contributed by atoms with Crippen molar-refractivity contribution in [2.45, 2.75) is 32.1 Å². The second kappa shape index (κ2) is 11.3. The fourth-order valence-corrected chi connectivity index (χ4v) is 3.24. The Kier molecular flexibility index (Phi) is 8.76. The molecule has 0 aromatic heterocycles. The lowest BCUT2D eigenvalue weighted by molar-refractivity contribution is -0.728. The Morgan fingerprint density at radius 2 is 1.24 bits per heavy atom. The second-order valence-corrected chi connectivity index (χ2v) is 7.44. The van der Waals surface area contributed by atoms with E-state index in [9.17, 15) is 27.9 Å². The molecule has 0 aliphatic carbocycles. The van der Waals surface area contributed by atoms with Crippen LogP contribution in [0.1, 0.15) is 63.3 Å². The Morgan fingerprint density at radius 1 is 0.788 bits per heavy atom. The molecule has 3 aromatic carbocycles. The van der Waals surface area contributed by atoms with Crippen LogP contribution < -0.4 is 10.4 Å². The van der Waals surface area contributed by atoms with Crippen LogP contribution >= 0.6 is 0 Å². The standard InChI is InChI=1S/C17H18F3N.C8H6O4/c1-12(14-6-4-3-5-7-14)21-13(2)15-8-10-16(11-9-15)17(18,19)20;9-7(10)5-3-1-2-4-6(5)8(11)12/h3-13,21H,1-2H3;1-4H,(H,9,10)(H,11,12)/t12-,13-;/m1./s1. The molecule has 8 heteroatoms. The summed E-state index contributed by atoms with van der Waals surface area (Å²) in [6, 6.07) is 21.1. The highest BCUT2D eigenvalue weighted by Crippen LogP contribution is 2.29. The number of hydrogen-bond acceptors (Lipinski definition) is 3. The number of halogens is 3. The van der Waals surface area contributed by atoms with Gasteiger partial charge in [-0.2, -0.15) is 13.2 Å². The van der Waals surface area contributed by atoms with Crippen molar-refractivity contribution < 1.29 is 38.3 Å². The quantitative estimate of drug-likeness (QED) is 0.586. The number of rotatable bonds is 6. The molecular weight excluding hydrogens is 435 g/mol. The van der Waals surface area contributed by atoms with E-state index in [1.165, 1.54) is 29.8 Å². The van der Waals surface area contributed by atoms with E-state index in [0.29, 0.717) is 0 Å². The Bertz CT molecular complexity index is 1030. The van der Waals surface area contributed by atoms with E-state index in [1.54, 1.807) is 12.1 Å². The number of carboxylic acid groups (broad SMARTS) is 2. The predicted molar refractivity (Wildman–Crippen MR) is 114 cm³/mol. The number of carbonyl (C=O) groups excluding carboxylic acids is 1. The lowest BCUT2D eigenvalue weighted by Gasteiger charge is -2.18. The molecule has 0 radical (unpaired) electrons. The fourth-order valence-electron chi connectivity index (χ4n) is 3.24. The van der Waals surface area contributed by atoms with Gasteiger partial charge in [-0.25, -0.2) is 4.79 Å². The topological polar surface area (TPSA) is 94.0 Å². The highest BCUT2D eigenvalue weighted by atomic mass is 19.4. The molecule has 0 aliphatic rings. The summed E-state index contributed by atoms with van der Waals surface area (Å²) in [7, 11) is 0. The van der Waals surface area contributed by atoms with Crippen LogP contribution in [-0.2, 0) is 6.18 Å². The molecular formula is C25H24F3NO4. The minimum absolute atomic E-state index is 0.0995. The van der Waals surface area contributed by atoms with E-state index < -0.39 is 23.7 Å². The van der Waals surface area contributed by atoms with Gasteiger partial charge in [-0.1, -0.05) is 60.7 Å². The van der Waals surface area contributed by atoms with E-state index in [1.807, 2.05) is 25.1 Å². The van der Waals surface area contributed by atoms with E-state index in [4.69, 9.17) is 5.11 Å². The summed E-state index contributed by atoms with van der Waals surface area (Å²) in [5, 5.41) is 21.0. The van der Waals surface area contributed by atoms with Gasteiger partial charge in [0.05, 0.1) is 17.1 Å². The van der Waals surface area contributed by atoms with Gasteiger partial charge in [0, 0.05) is 16.7 Å². The van der Waals surface area contributed by atoms with Gasteiger partial charge in [0.15, 0.2) is 0 Å². The summed E-state index contributed by atoms with van der Waals surface area (Å²) in [5.74, 6) is -2.75. The smallest absolute Gasteiger partial charge is 0.416 e. The van der Waals surface area contributed by atoms with Crippen LogP contribution in [0.4, 0.5) is 13.2 Å². The first-order chi connectivity index (χ1) is 15.5. The van der Waals surface area contributed by atoms with Crippen molar-refractivity contribution in [3.05, 3.63) is 107 Å². The number of aromatic carboxylic acids is 2. The lowest BCUT2D eigenvalue weighted by Crippen LogP contribution is -2.85. The summed E-state index contributed by atoms with van der Waals surface area (Å²) in [6.45, 7) is 4.10. The van der Waals surface area contributed by atoms with Crippen LogP contribution in [0.25, 0.3) is 0 Å². The molecule has 33 heavy (non-hydrogen) atoms. The summed E-state index contributed by atoms with van der Waals surface area (Å²) >= 11 is 0. The van der Waals surface area contributed by atoms with Crippen molar-refractivity contribution in [3.63, 3.8) is 0 Å². The number of hydrogen-bond donors (Lipinski definition) is 2. The number of quaternary nitrogens is 1. The summed E-state index contributed by atoms with van der Waals surface area (Å²) in [4.78, 5) is 20.8. The first-order valence-corrected chi connectivity index (χ1v) is 10.1. The predicted octanol–water partition coefficient (Wildman–Crippen LogP) is 3.84. The largest absolute Gasteiger partial charge is 0.545 e. The number of carbonyl (C=O) groups is 2. The Labute approximate surface area is 189 Å². The molecule has 5 nitrogen and oxygen atoms in total. The van der Waals surface area contributed by atoms with Gasteiger partial charge in [-0.05, 0) is 32.0 Å². The summed E-state index contributed by atoms with van der Waals surface area (Å²) in [6.07, 6.45) is -4.27. The molecule has 0 saturated heterocycles. The summed E-state index contributed by atoms with van der Waals surface area (Å²) in [5.41, 5.74) is 0.944. The van der Waals surface area contributed by atoms with Crippen LogP contribution in [0.5, 0.6) is 0 Å². The van der Waals surface area contributed by atoms with Gasteiger partial charge in [-0.3, -0.25) is 0 Å². The van der Waals surface area contributed by atoms with E-state index in [-0.39, 0.29) is 23.2 Å². The molecule has 3 N–H and O–H groups in total. The number of carboxylic acids is 2. The Balaban J connectivity index is 0.000000273. The van der Waals surface area contributed by atoms with Crippen LogP contribution in [-0.4, -0.2) is 17.0 Å². The van der Waals surface area contributed by atoms with E-state index in [2.05, 4.69) is 24.4 Å². The number of alkyl halides is 3. The summed E-state index contributed by atoms with van der Waals surface area (Å²) < 4.78 is 37.6. The first kappa shape index (κ1) is 25.6. The van der Waals surface area contributed by atoms with Crippen LogP contribution in [0.15, 0.2) is 78.9 Å². The van der Waals surface area contributed by atoms with E-state index in [0.717, 1.165) is 17.7 Å². The third-order valence-corrected chi connectivity index (χ3v) is 5.04. The Hall–Kier alpha value is -3.65. The molecule has 3 aromatic rings. The molecule has 174 valence electrons. The Morgan fingerprint density at radius 3 is 1.67 bits per heavy atom. The van der Waals surface area contributed by atoms with Crippen molar-refractivity contribution in [3.8, 4) is 0 Å². The van der Waals surface area contributed by atoms with Crippen molar-refractivity contribution in [1.29, 1.82) is 0 Å². The van der Waals surface area contributed by atoms with Gasteiger partial charge in [0.25, 0.3) is 0 Å². The van der Waals surface area contributed by atoms with Crippen molar-refractivity contribution >= 4 is 11.9 Å². The van der Waals surface area contributed by atoms with Crippen LogP contribution in [0.3, 0.4) is 0 Å².